The van der Waals surface area contributed by atoms with Crippen molar-refractivity contribution in [2.24, 2.45) is 5.73 Å². The Balaban J connectivity index is 0.00000288. The Morgan fingerprint density at radius 2 is 1.50 bits per heavy atom. The number of nitrogens with zero attached hydrogens (tertiary/aromatic N) is 2. The van der Waals surface area contributed by atoms with Crippen LogP contribution < -0.4 is 10.6 Å². The van der Waals surface area contributed by atoms with E-state index in [9.17, 15) is 4.79 Å². The van der Waals surface area contributed by atoms with Crippen molar-refractivity contribution in [1.29, 1.82) is 0 Å². The Bertz CT molecular complexity index is 592. The van der Waals surface area contributed by atoms with Crippen LogP contribution in [0.2, 0.25) is 0 Å². The van der Waals surface area contributed by atoms with Gasteiger partial charge in [-0.25, -0.2) is 4.79 Å². The summed E-state index contributed by atoms with van der Waals surface area (Å²) in [6.45, 7) is 5.47. The van der Waals surface area contributed by atoms with Gasteiger partial charge in [0.25, 0.3) is 0 Å². The number of urea groups is 1. The minimum Gasteiger partial charge on any atom is -0.351 e. The largest absolute Gasteiger partial charge is 0.351 e. The molecule has 0 unspecified atom stereocenters. The highest BCUT2D eigenvalue weighted by Crippen LogP contribution is 2.12. The van der Waals surface area contributed by atoms with Gasteiger partial charge in [-0.3, -0.25) is 4.90 Å². The molecule has 0 aliphatic rings. The predicted octanol–water partition coefficient (Wildman–Crippen LogP) is 3.71. The van der Waals surface area contributed by atoms with Gasteiger partial charge in [0.2, 0.25) is 0 Å². The first-order valence-corrected chi connectivity index (χ1v) is 8.09. The summed E-state index contributed by atoms with van der Waals surface area (Å²) in [5, 5.41) is 0. The molecule has 24 heavy (non-hydrogen) atoms. The van der Waals surface area contributed by atoms with Crippen molar-refractivity contribution < 1.29 is 4.79 Å². The van der Waals surface area contributed by atoms with Crippen molar-refractivity contribution in [3.8, 4) is 0 Å². The lowest BCUT2D eigenvalue weighted by Crippen LogP contribution is -2.42. The summed E-state index contributed by atoms with van der Waals surface area (Å²) in [5.74, 6) is 0. The highest BCUT2D eigenvalue weighted by atomic mass is 79.9. The van der Waals surface area contributed by atoms with Gasteiger partial charge in [0.05, 0.1) is 0 Å². The van der Waals surface area contributed by atoms with Crippen molar-refractivity contribution in [3.05, 3.63) is 66.2 Å². The molecule has 0 aliphatic heterocycles. The van der Waals surface area contributed by atoms with Crippen LogP contribution in [0.5, 0.6) is 0 Å². The fraction of sp³-hybridized carbons (Fsp3) is 0.316. The molecule has 0 aromatic heterocycles. The van der Waals surface area contributed by atoms with E-state index < -0.39 is 6.03 Å². The molecule has 0 aliphatic carbocycles. The van der Waals surface area contributed by atoms with E-state index in [0.29, 0.717) is 6.54 Å². The van der Waals surface area contributed by atoms with Crippen LogP contribution in [0.4, 0.5) is 10.5 Å². The molecule has 0 spiro atoms. The van der Waals surface area contributed by atoms with Gasteiger partial charge in [-0.2, -0.15) is 0 Å². The molecule has 0 bridgehead atoms. The Morgan fingerprint density at radius 1 is 0.917 bits per heavy atom. The van der Waals surface area contributed by atoms with Gasteiger partial charge in [-0.1, -0.05) is 55.5 Å². The summed E-state index contributed by atoms with van der Waals surface area (Å²) in [5.41, 5.74) is 7.71. The SMILES string of the molecule is Br.CCN(CCc1ccccc1)CCN(C(N)=O)c1ccccc1. The van der Waals surface area contributed by atoms with E-state index in [0.717, 1.165) is 31.7 Å². The second-order valence-electron chi connectivity index (χ2n) is 5.50. The van der Waals surface area contributed by atoms with E-state index in [1.54, 1.807) is 4.90 Å². The smallest absolute Gasteiger partial charge is 0.319 e. The van der Waals surface area contributed by atoms with Crippen LogP contribution in [-0.2, 0) is 6.42 Å². The number of carbonyl (C=O) groups is 1. The number of anilines is 1. The van der Waals surface area contributed by atoms with Crippen LogP contribution >= 0.6 is 17.0 Å². The lowest BCUT2D eigenvalue weighted by Gasteiger charge is -2.26. The van der Waals surface area contributed by atoms with Gasteiger partial charge in [0, 0.05) is 25.3 Å². The molecule has 2 rings (SSSR count). The van der Waals surface area contributed by atoms with Gasteiger partial charge in [-0.15, -0.1) is 17.0 Å². The second-order valence-corrected chi connectivity index (χ2v) is 5.50. The number of benzene rings is 2. The molecule has 2 aromatic carbocycles. The summed E-state index contributed by atoms with van der Waals surface area (Å²) in [6.07, 6.45) is 1.01. The highest BCUT2D eigenvalue weighted by Gasteiger charge is 2.13. The summed E-state index contributed by atoms with van der Waals surface area (Å²) in [4.78, 5) is 15.7. The maximum absolute atomic E-state index is 11.7. The lowest BCUT2D eigenvalue weighted by atomic mass is 10.1. The third-order valence-corrected chi connectivity index (χ3v) is 3.98. The summed E-state index contributed by atoms with van der Waals surface area (Å²) in [7, 11) is 0. The van der Waals surface area contributed by atoms with Crippen LogP contribution in [0.1, 0.15) is 12.5 Å². The molecular weight excluding hydrogens is 366 g/mol. The fourth-order valence-corrected chi connectivity index (χ4v) is 2.58. The van der Waals surface area contributed by atoms with Crippen LogP contribution in [0, 0.1) is 0 Å². The first-order chi connectivity index (χ1) is 11.2. The Hall–Kier alpha value is -1.85. The molecule has 5 heteroatoms. The van der Waals surface area contributed by atoms with Gasteiger partial charge in [0.15, 0.2) is 0 Å². The first-order valence-electron chi connectivity index (χ1n) is 8.09. The molecule has 0 saturated carbocycles. The topological polar surface area (TPSA) is 49.6 Å². The minimum atomic E-state index is -0.407. The van der Waals surface area contributed by atoms with Crippen molar-refractivity contribution in [2.45, 2.75) is 13.3 Å². The minimum absolute atomic E-state index is 0. The van der Waals surface area contributed by atoms with Crippen LogP contribution in [0.25, 0.3) is 0 Å². The zero-order chi connectivity index (χ0) is 16.5. The summed E-state index contributed by atoms with van der Waals surface area (Å²) in [6, 6.07) is 19.6. The molecule has 2 aromatic rings. The molecule has 130 valence electrons. The predicted molar refractivity (Wildman–Crippen MR) is 106 cm³/mol. The number of hydrogen-bond donors (Lipinski definition) is 1. The third kappa shape index (κ3) is 6.34. The number of hydrogen-bond acceptors (Lipinski definition) is 2. The highest BCUT2D eigenvalue weighted by molar-refractivity contribution is 8.93. The Kier molecular flexibility index (Phi) is 9.12. The molecule has 4 nitrogen and oxygen atoms in total. The molecule has 0 radical (unpaired) electrons. The van der Waals surface area contributed by atoms with Gasteiger partial charge in [-0.05, 0) is 30.7 Å². The average Bonchev–Trinajstić information content (AvgIpc) is 2.59. The zero-order valence-electron chi connectivity index (χ0n) is 14.1. The lowest BCUT2D eigenvalue weighted by molar-refractivity contribution is 0.250. The van der Waals surface area contributed by atoms with Crippen LogP contribution in [0.3, 0.4) is 0 Å². The molecule has 2 amide bonds. The van der Waals surface area contributed by atoms with Crippen molar-refractivity contribution in [1.82, 2.24) is 4.90 Å². The van der Waals surface area contributed by atoms with Gasteiger partial charge >= 0.3 is 6.03 Å². The van der Waals surface area contributed by atoms with Crippen molar-refractivity contribution in [2.75, 3.05) is 31.1 Å². The molecule has 0 heterocycles. The Labute approximate surface area is 155 Å². The summed E-state index contributed by atoms with van der Waals surface area (Å²) >= 11 is 0. The van der Waals surface area contributed by atoms with Gasteiger partial charge in [0.1, 0.15) is 0 Å². The van der Waals surface area contributed by atoms with E-state index in [4.69, 9.17) is 5.73 Å². The maximum atomic E-state index is 11.7. The second kappa shape index (κ2) is 10.8. The maximum Gasteiger partial charge on any atom is 0.319 e. The van der Waals surface area contributed by atoms with Crippen molar-refractivity contribution >= 4 is 28.7 Å². The van der Waals surface area contributed by atoms with E-state index in [1.165, 1.54) is 5.56 Å². The molecule has 0 fully saturated rings. The number of amides is 2. The zero-order valence-corrected chi connectivity index (χ0v) is 15.8. The van der Waals surface area contributed by atoms with Crippen molar-refractivity contribution in [3.63, 3.8) is 0 Å². The monoisotopic (exact) mass is 391 g/mol. The van der Waals surface area contributed by atoms with E-state index in [1.807, 2.05) is 36.4 Å². The molecule has 2 N–H and O–H groups in total. The normalized spacial score (nSPS) is 10.2. The van der Waals surface area contributed by atoms with E-state index in [-0.39, 0.29) is 17.0 Å². The third-order valence-electron chi connectivity index (χ3n) is 3.98. The van der Waals surface area contributed by atoms with Gasteiger partial charge < -0.3 is 10.6 Å². The number of likely N-dealkylation sites (N-methyl/N-ethyl adjacent to an activating group) is 1. The van der Waals surface area contributed by atoms with Crippen LogP contribution in [0.15, 0.2) is 60.7 Å². The Morgan fingerprint density at radius 3 is 2.04 bits per heavy atom. The van der Waals surface area contributed by atoms with Crippen LogP contribution in [-0.4, -0.2) is 37.1 Å². The number of halogens is 1. The first kappa shape index (κ1) is 20.2. The molecule has 0 saturated heterocycles. The number of nitrogens with two attached hydrogens (primary N) is 1. The van der Waals surface area contributed by atoms with E-state index >= 15 is 0 Å². The summed E-state index contributed by atoms with van der Waals surface area (Å²) < 4.78 is 0. The average molecular weight is 392 g/mol. The number of primary amides is 1. The molecular formula is C19H26BrN3O. The quantitative estimate of drug-likeness (QED) is 0.745. The fourth-order valence-electron chi connectivity index (χ4n) is 2.58. The number of para-hydroxylation sites is 1. The standard InChI is InChI=1S/C19H25N3O.BrH/c1-2-21(14-13-17-9-5-3-6-10-17)15-16-22(19(20)23)18-11-7-4-8-12-18;/h3-12H,2,13-16H2,1H3,(H2,20,23);1H. The van der Waals surface area contributed by atoms with E-state index in [2.05, 4.69) is 36.1 Å². The molecule has 0 atom stereocenters. The number of carbonyl (C=O) groups excluding carboxylic acids is 1. The number of rotatable bonds is 8.